The number of likely N-dealkylation sites (tertiary alicyclic amines) is 1. The summed E-state index contributed by atoms with van der Waals surface area (Å²) < 4.78 is 43.9. The van der Waals surface area contributed by atoms with E-state index in [0.717, 1.165) is 32.3 Å². The molecule has 3 fully saturated rings. The SMILES string of the molecule is O=C(O)C(F)(F)F.c1cc(CN2CC3(CC(OCC4CCOCC4)CS3)C2)cs1. The van der Waals surface area contributed by atoms with Crippen molar-refractivity contribution in [3.05, 3.63) is 22.4 Å². The summed E-state index contributed by atoms with van der Waals surface area (Å²) in [6, 6.07) is 2.25. The average Bonchev–Trinajstić information content (AvgIpc) is 3.30. The summed E-state index contributed by atoms with van der Waals surface area (Å²) in [6.45, 7) is 6.40. The fourth-order valence-corrected chi connectivity index (χ4v) is 6.10. The van der Waals surface area contributed by atoms with E-state index in [4.69, 9.17) is 19.4 Å². The third-order valence-corrected chi connectivity index (χ3v) is 7.64. The molecule has 4 rings (SSSR count). The zero-order valence-electron chi connectivity index (χ0n) is 16.0. The molecular weight excluding hydrogens is 427 g/mol. The van der Waals surface area contributed by atoms with Gasteiger partial charge in [0.2, 0.25) is 0 Å². The van der Waals surface area contributed by atoms with Gasteiger partial charge in [-0.3, -0.25) is 4.90 Å². The second-order valence-electron chi connectivity index (χ2n) is 7.79. The van der Waals surface area contributed by atoms with Gasteiger partial charge in [-0.2, -0.15) is 24.5 Å². The maximum Gasteiger partial charge on any atom is 0.490 e. The van der Waals surface area contributed by atoms with Gasteiger partial charge in [-0.1, -0.05) is 0 Å². The predicted molar refractivity (Wildman–Crippen MR) is 106 cm³/mol. The normalized spacial score (nSPS) is 24.7. The highest BCUT2D eigenvalue weighted by Gasteiger charge is 2.49. The minimum Gasteiger partial charge on any atom is -0.475 e. The molecule has 0 saturated carbocycles. The first kappa shape index (κ1) is 22.9. The van der Waals surface area contributed by atoms with Gasteiger partial charge >= 0.3 is 12.1 Å². The predicted octanol–water partition coefficient (Wildman–Crippen LogP) is 3.88. The van der Waals surface area contributed by atoms with Crippen LogP contribution in [0, 0.1) is 5.92 Å². The van der Waals surface area contributed by atoms with Gasteiger partial charge < -0.3 is 14.6 Å². The highest BCUT2D eigenvalue weighted by atomic mass is 32.2. The van der Waals surface area contributed by atoms with Gasteiger partial charge in [-0.15, -0.1) is 11.8 Å². The Morgan fingerprint density at radius 2 is 2.03 bits per heavy atom. The third kappa shape index (κ3) is 6.85. The second kappa shape index (κ2) is 10.00. The molecule has 1 N–H and O–H groups in total. The van der Waals surface area contributed by atoms with Crippen LogP contribution in [-0.2, 0) is 20.8 Å². The van der Waals surface area contributed by atoms with E-state index < -0.39 is 12.1 Å². The van der Waals surface area contributed by atoms with Crippen LogP contribution in [0.1, 0.15) is 24.8 Å². The fourth-order valence-electron chi connectivity index (χ4n) is 3.84. The van der Waals surface area contributed by atoms with Gasteiger partial charge in [0, 0.05) is 50.0 Å². The number of carboxylic acid groups (broad SMARTS) is 1. The van der Waals surface area contributed by atoms with Crippen molar-refractivity contribution in [3.63, 3.8) is 0 Å². The Balaban J connectivity index is 0.000000298. The molecule has 5 nitrogen and oxygen atoms in total. The van der Waals surface area contributed by atoms with Crippen LogP contribution in [0.2, 0.25) is 0 Å². The fraction of sp³-hybridized carbons (Fsp3) is 0.737. The molecule has 4 heterocycles. The number of ether oxygens (including phenoxy) is 2. The van der Waals surface area contributed by atoms with E-state index >= 15 is 0 Å². The van der Waals surface area contributed by atoms with Crippen molar-refractivity contribution in [2.75, 3.05) is 38.7 Å². The lowest BCUT2D eigenvalue weighted by Crippen LogP contribution is -2.58. The van der Waals surface area contributed by atoms with Gasteiger partial charge in [0.1, 0.15) is 0 Å². The molecule has 164 valence electrons. The van der Waals surface area contributed by atoms with Gasteiger partial charge in [-0.25, -0.2) is 4.79 Å². The summed E-state index contributed by atoms with van der Waals surface area (Å²) in [5.41, 5.74) is 1.47. The van der Waals surface area contributed by atoms with Gasteiger partial charge in [0.15, 0.2) is 0 Å². The molecule has 1 atom stereocenters. The molecule has 0 aromatic carbocycles. The summed E-state index contributed by atoms with van der Waals surface area (Å²) in [5.74, 6) is -0.838. The van der Waals surface area contributed by atoms with Gasteiger partial charge in [-0.05, 0) is 47.6 Å². The van der Waals surface area contributed by atoms with Crippen molar-refractivity contribution in [2.45, 2.75) is 42.8 Å². The van der Waals surface area contributed by atoms with E-state index in [2.05, 4.69) is 33.5 Å². The van der Waals surface area contributed by atoms with Crippen LogP contribution in [0.25, 0.3) is 0 Å². The number of rotatable bonds is 5. The van der Waals surface area contributed by atoms with Crippen molar-refractivity contribution in [1.29, 1.82) is 0 Å². The lowest BCUT2D eigenvalue weighted by atomic mass is 9.92. The third-order valence-electron chi connectivity index (χ3n) is 5.34. The standard InChI is InChI=1S/C17H25NO2S2.C2HF3O2/c1-4-19-5-2-14(1)9-20-16-7-17(22-11-16)12-18(13-17)8-15-3-6-21-10-15;3-2(4,5)1(6)7/h3,6,10,14,16H,1-2,4-5,7-9,11-13H2;(H,6,7). The molecule has 0 radical (unpaired) electrons. The van der Waals surface area contributed by atoms with Crippen molar-refractivity contribution >= 4 is 29.1 Å². The summed E-state index contributed by atoms with van der Waals surface area (Å²) >= 11 is 3.95. The molecule has 3 aliphatic rings. The largest absolute Gasteiger partial charge is 0.490 e. The Bertz CT molecular complexity index is 644. The van der Waals surface area contributed by atoms with E-state index in [9.17, 15) is 13.2 Å². The maximum absolute atomic E-state index is 10.6. The summed E-state index contributed by atoms with van der Waals surface area (Å²) in [6.07, 6.45) is -0.990. The molecule has 3 aliphatic heterocycles. The molecule has 1 unspecified atom stereocenters. The van der Waals surface area contributed by atoms with E-state index in [1.54, 1.807) is 11.3 Å². The zero-order chi connectivity index (χ0) is 20.9. The van der Waals surface area contributed by atoms with Crippen LogP contribution >= 0.6 is 23.1 Å². The van der Waals surface area contributed by atoms with Gasteiger partial charge in [0.25, 0.3) is 0 Å². The molecule has 3 saturated heterocycles. The number of alkyl halides is 3. The Morgan fingerprint density at radius 1 is 1.34 bits per heavy atom. The number of thioether (sulfide) groups is 1. The summed E-state index contributed by atoms with van der Waals surface area (Å²) in [4.78, 5) is 11.5. The number of carboxylic acids is 1. The number of nitrogens with zero attached hydrogens (tertiary/aromatic N) is 1. The van der Waals surface area contributed by atoms with Crippen LogP contribution in [-0.4, -0.2) is 71.7 Å². The highest BCUT2D eigenvalue weighted by molar-refractivity contribution is 8.01. The van der Waals surface area contributed by atoms with Crippen molar-refractivity contribution in [1.82, 2.24) is 4.90 Å². The van der Waals surface area contributed by atoms with E-state index in [-0.39, 0.29) is 0 Å². The molecule has 1 aromatic heterocycles. The molecule has 0 amide bonds. The molecule has 1 spiro atoms. The Labute approximate surface area is 176 Å². The Morgan fingerprint density at radius 3 is 2.62 bits per heavy atom. The average molecular weight is 454 g/mol. The van der Waals surface area contributed by atoms with Gasteiger partial charge in [0.05, 0.1) is 6.10 Å². The molecule has 0 aliphatic carbocycles. The molecule has 10 heteroatoms. The minimum absolute atomic E-state index is 0.483. The smallest absolute Gasteiger partial charge is 0.475 e. The highest BCUT2D eigenvalue weighted by Crippen LogP contribution is 2.46. The topological polar surface area (TPSA) is 59.0 Å². The van der Waals surface area contributed by atoms with E-state index in [1.807, 2.05) is 0 Å². The molecule has 29 heavy (non-hydrogen) atoms. The number of aliphatic carboxylic acids is 1. The maximum atomic E-state index is 10.6. The van der Waals surface area contributed by atoms with Crippen molar-refractivity contribution < 1.29 is 32.5 Å². The number of halogens is 3. The first-order valence-corrected chi connectivity index (χ1v) is 11.6. The van der Waals surface area contributed by atoms with Crippen LogP contribution < -0.4 is 0 Å². The van der Waals surface area contributed by atoms with E-state index in [0.29, 0.717) is 10.9 Å². The number of carbonyl (C=O) groups is 1. The van der Waals surface area contributed by atoms with Crippen molar-refractivity contribution in [3.8, 4) is 0 Å². The molecule has 1 aromatic rings. The first-order chi connectivity index (χ1) is 13.8. The lowest BCUT2D eigenvalue weighted by molar-refractivity contribution is -0.192. The van der Waals surface area contributed by atoms with Crippen LogP contribution in [0.4, 0.5) is 13.2 Å². The second-order valence-corrected chi connectivity index (χ2v) is 10.1. The monoisotopic (exact) mass is 453 g/mol. The Kier molecular flexibility index (Phi) is 7.88. The lowest BCUT2D eigenvalue weighted by Gasteiger charge is -2.47. The zero-order valence-corrected chi connectivity index (χ0v) is 17.7. The van der Waals surface area contributed by atoms with Crippen LogP contribution in [0.3, 0.4) is 0 Å². The van der Waals surface area contributed by atoms with Crippen LogP contribution in [0.15, 0.2) is 16.8 Å². The quantitative estimate of drug-likeness (QED) is 0.730. The van der Waals surface area contributed by atoms with Crippen LogP contribution in [0.5, 0.6) is 0 Å². The number of hydrogen-bond acceptors (Lipinski definition) is 6. The summed E-state index contributed by atoms with van der Waals surface area (Å²) in [5, 5.41) is 11.6. The van der Waals surface area contributed by atoms with E-state index in [1.165, 1.54) is 43.7 Å². The molecule has 0 bridgehead atoms. The van der Waals surface area contributed by atoms with Crippen molar-refractivity contribution in [2.24, 2.45) is 5.92 Å². The minimum atomic E-state index is -5.08. The summed E-state index contributed by atoms with van der Waals surface area (Å²) in [7, 11) is 0. The molecular formula is C19H26F3NO4S2. The Hall–Kier alpha value is -0.810. The number of thiophene rings is 1. The first-order valence-electron chi connectivity index (χ1n) is 9.63. The number of hydrogen-bond donors (Lipinski definition) is 1.